The van der Waals surface area contributed by atoms with Gasteiger partial charge in [0.05, 0.1) is 11.0 Å². The van der Waals surface area contributed by atoms with Crippen LogP contribution in [0.2, 0.25) is 0 Å². The van der Waals surface area contributed by atoms with Gasteiger partial charge in [-0.25, -0.2) is 0 Å². The summed E-state index contributed by atoms with van der Waals surface area (Å²) in [6.07, 6.45) is 0. The van der Waals surface area contributed by atoms with Gasteiger partial charge >= 0.3 is 0 Å². The van der Waals surface area contributed by atoms with Gasteiger partial charge in [-0.1, -0.05) is 159 Å². The zero-order valence-corrected chi connectivity index (χ0v) is 34.4. The number of benzene rings is 10. The molecule has 2 aromatic heterocycles. The Kier molecular flexibility index (Phi) is 7.36. The van der Waals surface area contributed by atoms with Gasteiger partial charge in [-0.2, -0.15) is 0 Å². The number of hydrogen-bond donors (Lipinski definition) is 0. The van der Waals surface area contributed by atoms with Crippen LogP contribution in [0, 0.1) is 0 Å². The summed E-state index contributed by atoms with van der Waals surface area (Å²) in [5.74, 6) is 1.57. The Morgan fingerprint density at radius 2 is 1.08 bits per heavy atom. The average Bonchev–Trinajstić information content (AvgIpc) is 4.00. The summed E-state index contributed by atoms with van der Waals surface area (Å²) in [5, 5.41) is 10.2. The van der Waals surface area contributed by atoms with Crippen LogP contribution < -0.4 is 4.90 Å². The first-order valence-electron chi connectivity index (χ1n) is 21.5. The Bertz CT molecular complexity index is 3690. The van der Waals surface area contributed by atoms with E-state index >= 15 is 0 Å². The smallest absolute Gasteiger partial charge is 0.205 e. The van der Waals surface area contributed by atoms with Crippen molar-refractivity contribution in [1.29, 1.82) is 0 Å². The van der Waals surface area contributed by atoms with E-state index in [2.05, 4.69) is 230 Å². The molecule has 1 aliphatic rings. The zero-order chi connectivity index (χ0) is 41.1. The molecule has 0 atom stereocenters. The predicted molar refractivity (Wildman–Crippen MR) is 260 cm³/mol. The number of anilines is 3. The SMILES string of the molecule is CC1(C)c2ccccc2-c2ccc(N(c3ccc(-c4ccccc4)cc3)c3ccc(-c4ccc5c6c7ccc8cccc9ccc(cc6n(-c6ccccc6)c5c4)c7c98)o3)cc21. The van der Waals surface area contributed by atoms with Gasteiger partial charge in [0.2, 0.25) is 5.88 Å². The first-order valence-corrected chi connectivity index (χ1v) is 21.5. The van der Waals surface area contributed by atoms with Crippen molar-refractivity contribution in [2.75, 3.05) is 4.90 Å². The van der Waals surface area contributed by atoms with Crippen molar-refractivity contribution in [3.63, 3.8) is 0 Å². The molecular weight excluding hydrogens is 753 g/mol. The largest absolute Gasteiger partial charge is 0.440 e. The molecule has 0 N–H and O–H groups in total. The van der Waals surface area contributed by atoms with Crippen LogP contribution in [0.1, 0.15) is 25.0 Å². The molecule has 0 spiro atoms. The van der Waals surface area contributed by atoms with E-state index in [1.807, 2.05) is 0 Å². The van der Waals surface area contributed by atoms with E-state index in [0.717, 1.165) is 39.8 Å². The molecule has 12 aromatic rings. The average molecular weight is 793 g/mol. The van der Waals surface area contributed by atoms with E-state index in [1.165, 1.54) is 82.0 Å². The molecule has 10 aromatic carbocycles. The van der Waals surface area contributed by atoms with Gasteiger partial charge in [-0.15, -0.1) is 0 Å². The van der Waals surface area contributed by atoms with Crippen molar-refractivity contribution in [3.8, 4) is 39.3 Å². The third kappa shape index (κ3) is 5.06. The third-order valence-corrected chi connectivity index (χ3v) is 13.5. The topological polar surface area (TPSA) is 21.3 Å². The van der Waals surface area contributed by atoms with Gasteiger partial charge in [-0.05, 0) is 120 Å². The maximum absolute atomic E-state index is 7.03. The fourth-order valence-corrected chi connectivity index (χ4v) is 10.6. The maximum atomic E-state index is 7.03. The summed E-state index contributed by atoms with van der Waals surface area (Å²) in [6, 6.07) is 75.1. The van der Waals surface area contributed by atoms with E-state index in [0.29, 0.717) is 0 Å². The molecule has 0 aliphatic heterocycles. The number of furan rings is 1. The normalized spacial score (nSPS) is 13.1. The molecule has 0 saturated heterocycles. The number of hydrogen-bond acceptors (Lipinski definition) is 2. The molecule has 0 fully saturated rings. The van der Waals surface area contributed by atoms with Crippen LogP contribution in [-0.4, -0.2) is 4.57 Å². The fraction of sp³-hybridized carbons (Fsp3) is 0.0508. The van der Waals surface area contributed by atoms with Crippen LogP contribution in [-0.2, 0) is 5.41 Å². The Morgan fingerprint density at radius 1 is 0.419 bits per heavy atom. The lowest BCUT2D eigenvalue weighted by Gasteiger charge is -2.26. The molecule has 0 unspecified atom stereocenters. The molecule has 3 heteroatoms. The Balaban J connectivity index is 0.984. The molecule has 2 heterocycles. The summed E-state index contributed by atoms with van der Waals surface area (Å²) in [4.78, 5) is 2.26. The molecular formula is C59H40N2O. The van der Waals surface area contributed by atoms with E-state index in [-0.39, 0.29) is 5.41 Å². The quantitative estimate of drug-likeness (QED) is 0.156. The van der Waals surface area contributed by atoms with Gasteiger partial charge < -0.3 is 8.98 Å². The van der Waals surface area contributed by atoms with E-state index < -0.39 is 0 Å². The summed E-state index contributed by atoms with van der Waals surface area (Å²) >= 11 is 0. The highest BCUT2D eigenvalue weighted by molar-refractivity contribution is 6.33. The van der Waals surface area contributed by atoms with Crippen molar-refractivity contribution in [3.05, 3.63) is 217 Å². The number of aromatic nitrogens is 1. The number of nitrogens with zero attached hydrogens (tertiary/aromatic N) is 2. The molecule has 0 amide bonds. The van der Waals surface area contributed by atoms with Crippen LogP contribution in [0.25, 0.3) is 93.4 Å². The predicted octanol–water partition coefficient (Wildman–Crippen LogP) is 16.4. The fourth-order valence-electron chi connectivity index (χ4n) is 10.6. The van der Waals surface area contributed by atoms with E-state index in [1.54, 1.807) is 0 Å². The lowest BCUT2D eigenvalue weighted by atomic mass is 9.82. The van der Waals surface area contributed by atoms with Gasteiger partial charge in [0.1, 0.15) is 5.76 Å². The monoisotopic (exact) mass is 792 g/mol. The van der Waals surface area contributed by atoms with E-state index in [4.69, 9.17) is 4.42 Å². The van der Waals surface area contributed by atoms with Gasteiger partial charge in [-0.3, -0.25) is 4.90 Å². The summed E-state index contributed by atoms with van der Waals surface area (Å²) in [5.41, 5.74) is 14.1. The Morgan fingerprint density at radius 3 is 1.90 bits per heavy atom. The van der Waals surface area contributed by atoms with Crippen molar-refractivity contribution < 1.29 is 4.42 Å². The molecule has 3 nitrogen and oxygen atoms in total. The minimum absolute atomic E-state index is 0.138. The minimum atomic E-state index is -0.138. The summed E-state index contributed by atoms with van der Waals surface area (Å²) in [6.45, 7) is 4.67. The van der Waals surface area contributed by atoms with Crippen LogP contribution >= 0.6 is 0 Å². The lowest BCUT2D eigenvalue weighted by molar-refractivity contribution is 0.588. The lowest BCUT2D eigenvalue weighted by Crippen LogP contribution is -2.16. The van der Waals surface area contributed by atoms with Crippen LogP contribution in [0.5, 0.6) is 0 Å². The highest BCUT2D eigenvalue weighted by Gasteiger charge is 2.36. The molecule has 292 valence electrons. The molecule has 62 heavy (non-hydrogen) atoms. The Labute approximate surface area is 359 Å². The second-order valence-electron chi connectivity index (χ2n) is 17.3. The first kappa shape index (κ1) is 34.9. The van der Waals surface area contributed by atoms with Crippen LogP contribution in [0.4, 0.5) is 17.3 Å². The molecule has 13 rings (SSSR count). The zero-order valence-electron chi connectivity index (χ0n) is 34.4. The Hall–Kier alpha value is -7.88. The standard InChI is InChI=1S/C59H40N2O/c1-59(2)50-19-10-9-18-46(50)47-31-28-45(36-51(47)59)60(44-26-22-38(23-27-44)37-12-5-3-6-13-37)55-33-32-54(62-55)41-25-29-48-52(34-41)61(43-16-7-4-8-17-43)53-35-42-21-20-39-14-11-15-40-24-30-49(58(48)53)57(42)56(39)40/h3-36H,1-2H3. The number of para-hydroxylation sites is 1. The van der Waals surface area contributed by atoms with Gasteiger partial charge in [0.15, 0.2) is 0 Å². The minimum Gasteiger partial charge on any atom is -0.440 e. The summed E-state index contributed by atoms with van der Waals surface area (Å²) < 4.78 is 9.45. The summed E-state index contributed by atoms with van der Waals surface area (Å²) in [7, 11) is 0. The van der Waals surface area contributed by atoms with Crippen molar-refractivity contribution in [2.24, 2.45) is 0 Å². The highest BCUT2D eigenvalue weighted by Crippen LogP contribution is 2.51. The number of rotatable bonds is 6. The second kappa shape index (κ2) is 13.1. The maximum Gasteiger partial charge on any atom is 0.205 e. The molecule has 0 bridgehead atoms. The third-order valence-electron chi connectivity index (χ3n) is 13.5. The highest BCUT2D eigenvalue weighted by atomic mass is 16.4. The molecule has 1 aliphatic carbocycles. The van der Waals surface area contributed by atoms with Gasteiger partial charge in [0, 0.05) is 44.9 Å². The van der Waals surface area contributed by atoms with Crippen LogP contribution in [0.3, 0.4) is 0 Å². The van der Waals surface area contributed by atoms with Crippen molar-refractivity contribution >= 4 is 71.4 Å². The van der Waals surface area contributed by atoms with Crippen molar-refractivity contribution in [1.82, 2.24) is 4.57 Å². The second-order valence-corrected chi connectivity index (χ2v) is 17.3. The molecule has 0 radical (unpaired) electrons. The van der Waals surface area contributed by atoms with Gasteiger partial charge in [0.25, 0.3) is 0 Å². The molecule has 0 saturated carbocycles. The van der Waals surface area contributed by atoms with E-state index in [9.17, 15) is 0 Å². The first-order chi connectivity index (χ1) is 30.5. The van der Waals surface area contributed by atoms with Crippen molar-refractivity contribution in [2.45, 2.75) is 19.3 Å². The number of fused-ring (bicyclic) bond motifs is 7. The van der Waals surface area contributed by atoms with Crippen LogP contribution in [0.15, 0.2) is 211 Å².